The van der Waals surface area contributed by atoms with E-state index in [1.54, 1.807) is 23.3 Å². The summed E-state index contributed by atoms with van der Waals surface area (Å²) in [6, 6.07) is 20.6. The maximum Gasteiger partial charge on any atom is -0.0346 e. The third-order valence-electron chi connectivity index (χ3n) is 5.08. The van der Waals surface area contributed by atoms with Crippen molar-refractivity contribution in [3.8, 4) is 11.1 Å². The van der Waals surface area contributed by atoms with Gasteiger partial charge in [0, 0.05) is 0 Å². The molecule has 3 aromatic rings. The molecule has 148 valence electrons. The van der Waals surface area contributed by atoms with Crippen LogP contribution in [0.25, 0.3) is 21.9 Å². The quantitative estimate of drug-likeness (QED) is 0.235. The molecule has 0 aromatic heterocycles. The van der Waals surface area contributed by atoms with Crippen LogP contribution in [0.1, 0.15) is 27.7 Å². The van der Waals surface area contributed by atoms with Gasteiger partial charge >= 0.3 is 41.9 Å². The van der Waals surface area contributed by atoms with Gasteiger partial charge in [0.1, 0.15) is 0 Å². The summed E-state index contributed by atoms with van der Waals surface area (Å²) in [4.78, 5) is 0. The van der Waals surface area contributed by atoms with Crippen molar-refractivity contribution in [1.82, 2.24) is 0 Å². The number of hydrogen-bond acceptors (Lipinski definition) is 0. The first-order valence-electron chi connectivity index (χ1n) is 9.91. The van der Waals surface area contributed by atoms with Crippen molar-refractivity contribution < 1.29 is 23.3 Å². The number of allylic oxidation sites excluding steroid dienone is 4. The molecule has 0 nitrogen and oxygen atoms in total. The van der Waals surface area contributed by atoms with Crippen LogP contribution in [0.15, 0.2) is 77.4 Å². The average molecular weight is 496 g/mol. The molecule has 3 aromatic carbocycles. The van der Waals surface area contributed by atoms with Gasteiger partial charge in [0.2, 0.25) is 0 Å². The molecule has 0 aliphatic heterocycles. The van der Waals surface area contributed by atoms with E-state index in [1.807, 2.05) is 18.2 Å². The Morgan fingerprint density at radius 1 is 1.00 bits per heavy atom. The maximum atomic E-state index is 6.16. The number of hydrogen-bond donors (Lipinski definition) is 0. The van der Waals surface area contributed by atoms with Gasteiger partial charge in [-0.3, -0.25) is 6.08 Å². The van der Waals surface area contributed by atoms with E-state index in [0.29, 0.717) is 5.92 Å². The fourth-order valence-electron chi connectivity index (χ4n) is 3.23. The molecular weight excluding hydrogens is 467 g/mol. The Morgan fingerprint density at radius 3 is 2.10 bits per heavy atom. The Kier molecular flexibility index (Phi) is 9.47. The predicted molar refractivity (Wildman–Crippen MR) is 127 cm³/mol. The standard InChI is InChI=1S/C15H10Cl.C9H13.C2H6Si.Zr/c16-15-8-4-7-13-12(9-10-14(13)15)11-5-2-1-3-6-11;1-6-5-7(2)9(4)8(6)3;1-3-2;/h1-10H;6H,1-4H3;1-2H3;/q2*-1;;+2. The van der Waals surface area contributed by atoms with Crippen LogP contribution in [0.4, 0.5) is 0 Å². The van der Waals surface area contributed by atoms with E-state index in [4.69, 9.17) is 11.6 Å². The zero-order valence-electron chi connectivity index (χ0n) is 18.2. The van der Waals surface area contributed by atoms with Gasteiger partial charge in [-0.05, 0) is 5.02 Å². The monoisotopic (exact) mass is 494 g/mol. The molecular formula is C26H29ClSiZr. The molecule has 0 fully saturated rings. The summed E-state index contributed by atoms with van der Waals surface area (Å²) in [7, 11) is 0. The fourth-order valence-corrected chi connectivity index (χ4v) is 3.47. The molecule has 3 heteroatoms. The Bertz CT molecular complexity index is 1040. The van der Waals surface area contributed by atoms with E-state index in [9.17, 15) is 0 Å². The van der Waals surface area contributed by atoms with Gasteiger partial charge in [0.05, 0.1) is 0 Å². The minimum Gasteiger partial charge on any atom is -0.146 e. The van der Waals surface area contributed by atoms with Crippen LogP contribution in [-0.2, 0) is 23.3 Å². The van der Waals surface area contributed by atoms with Gasteiger partial charge in [0.25, 0.3) is 0 Å². The molecule has 1 aliphatic carbocycles. The van der Waals surface area contributed by atoms with E-state index in [2.05, 4.69) is 89.3 Å². The molecule has 0 saturated heterocycles. The third-order valence-corrected chi connectivity index (χ3v) is 5.41. The average Bonchev–Trinajstić information content (AvgIpc) is 3.21. The third kappa shape index (κ3) is 6.71. The molecule has 0 amide bonds. The smallest absolute Gasteiger partial charge is 0.0346 e. The normalized spacial score (nSPS) is 15.3. The van der Waals surface area contributed by atoms with Crippen LogP contribution >= 0.6 is 11.6 Å². The van der Waals surface area contributed by atoms with Crippen LogP contribution < -0.4 is 0 Å². The Labute approximate surface area is 196 Å². The molecule has 0 saturated carbocycles. The summed E-state index contributed by atoms with van der Waals surface area (Å²) in [6.07, 6.45) is 3.36. The summed E-state index contributed by atoms with van der Waals surface area (Å²) in [6.45, 7) is 13.3. The molecule has 1 aliphatic rings. The number of halogens is 1. The van der Waals surface area contributed by atoms with Crippen LogP contribution in [0.5, 0.6) is 0 Å². The Hall–Kier alpha value is -1.08. The molecule has 4 rings (SSSR count). The second kappa shape index (κ2) is 11.3. The van der Waals surface area contributed by atoms with Crippen LogP contribution in [0.3, 0.4) is 0 Å². The van der Waals surface area contributed by atoms with Crippen molar-refractivity contribution in [3.63, 3.8) is 0 Å². The SMILES string of the molecule is CC1=[C-]C(C)C(C)=C1C.C[Si](C)=[Zr+2].Clc1cccc2c(-c3ccccc3)c[cH-]c12. The first-order chi connectivity index (χ1) is 13.7. The van der Waals surface area contributed by atoms with Crippen LogP contribution in [0.2, 0.25) is 18.1 Å². The Balaban J connectivity index is 0.000000195. The molecule has 0 N–H and O–H groups in total. The molecule has 0 heterocycles. The van der Waals surface area contributed by atoms with Gasteiger partial charge in [-0.25, -0.2) is 5.57 Å². The van der Waals surface area contributed by atoms with Crippen molar-refractivity contribution in [2.24, 2.45) is 5.92 Å². The second-order valence-corrected chi connectivity index (χ2v) is 17.4. The van der Waals surface area contributed by atoms with E-state index in [-0.39, 0.29) is 5.43 Å². The zero-order chi connectivity index (χ0) is 21.6. The molecule has 1 unspecified atom stereocenters. The minimum absolute atomic E-state index is 0.210. The largest absolute Gasteiger partial charge is 0.146 e. The van der Waals surface area contributed by atoms with E-state index in [1.165, 1.54) is 33.2 Å². The molecule has 29 heavy (non-hydrogen) atoms. The first kappa shape index (κ1) is 24.2. The topological polar surface area (TPSA) is 0 Å². The van der Waals surface area contributed by atoms with Crippen molar-refractivity contribution in [1.29, 1.82) is 0 Å². The summed E-state index contributed by atoms with van der Waals surface area (Å²) >= 11 is 7.90. The van der Waals surface area contributed by atoms with Crippen molar-refractivity contribution in [3.05, 3.63) is 88.5 Å². The summed E-state index contributed by atoms with van der Waals surface area (Å²) in [5.41, 5.74) is 6.94. The number of rotatable bonds is 1. The number of fused-ring (bicyclic) bond motifs is 1. The zero-order valence-corrected chi connectivity index (χ0v) is 22.4. The predicted octanol–water partition coefficient (Wildman–Crippen LogP) is 8.39. The maximum absolute atomic E-state index is 6.16. The summed E-state index contributed by atoms with van der Waals surface area (Å²) in [5.74, 6) is 0.560. The minimum atomic E-state index is 0.210. The van der Waals surface area contributed by atoms with Crippen molar-refractivity contribution in [2.75, 3.05) is 0 Å². The van der Waals surface area contributed by atoms with Crippen LogP contribution in [0, 0.1) is 12.0 Å². The van der Waals surface area contributed by atoms with E-state index in [0.717, 1.165) is 10.4 Å². The van der Waals surface area contributed by atoms with Gasteiger partial charge in [-0.2, -0.15) is 11.1 Å². The van der Waals surface area contributed by atoms with Crippen LogP contribution in [-0.4, -0.2) is 5.43 Å². The second-order valence-electron chi connectivity index (χ2n) is 7.61. The van der Waals surface area contributed by atoms with Gasteiger partial charge in [0.15, 0.2) is 0 Å². The van der Waals surface area contributed by atoms with Crippen molar-refractivity contribution in [2.45, 2.75) is 40.8 Å². The first-order valence-corrected chi connectivity index (χ1v) is 16.5. The fraction of sp³-hybridized carbons (Fsp3) is 0.269. The molecule has 0 spiro atoms. The van der Waals surface area contributed by atoms with Gasteiger partial charge in [-0.1, -0.05) is 74.7 Å². The van der Waals surface area contributed by atoms with Gasteiger partial charge in [-0.15, -0.1) is 53.1 Å². The van der Waals surface area contributed by atoms with Gasteiger partial charge < -0.3 is 0 Å². The Morgan fingerprint density at radius 2 is 1.62 bits per heavy atom. The van der Waals surface area contributed by atoms with Crippen molar-refractivity contribution >= 4 is 27.8 Å². The molecule has 0 bridgehead atoms. The molecule has 0 radical (unpaired) electrons. The van der Waals surface area contributed by atoms with E-state index >= 15 is 0 Å². The van der Waals surface area contributed by atoms with E-state index < -0.39 is 0 Å². The summed E-state index contributed by atoms with van der Waals surface area (Å²) < 4.78 is 0. The summed E-state index contributed by atoms with van der Waals surface area (Å²) in [5, 5.41) is 3.17. The number of benzene rings is 2. The molecule has 1 atom stereocenters.